The maximum absolute atomic E-state index is 13.0. The normalized spacial score (nSPS) is 16.7. The third kappa shape index (κ3) is 4.28. The van der Waals surface area contributed by atoms with Crippen LogP contribution in [-0.2, 0) is 32.6 Å². The lowest BCUT2D eigenvalue weighted by molar-refractivity contribution is -0.125. The number of hydrogen-bond acceptors (Lipinski definition) is 6. The molecular weight excluding hydrogens is 446 g/mol. The summed E-state index contributed by atoms with van der Waals surface area (Å²) in [5, 5.41) is 2.88. The summed E-state index contributed by atoms with van der Waals surface area (Å²) in [6, 6.07) is 9.36. The van der Waals surface area contributed by atoms with E-state index in [1.54, 1.807) is 38.1 Å². The highest BCUT2D eigenvalue weighted by Crippen LogP contribution is 2.35. The molecule has 176 valence electrons. The van der Waals surface area contributed by atoms with Crippen LogP contribution in [0.5, 0.6) is 11.5 Å². The van der Waals surface area contributed by atoms with Crippen LogP contribution in [0.25, 0.3) is 0 Å². The molecule has 0 fully saturated rings. The first-order chi connectivity index (χ1) is 15.8. The Morgan fingerprint density at radius 2 is 1.82 bits per heavy atom. The van der Waals surface area contributed by atoms with Crippen molar-refractivity contribution in [3.8, 4) is 11.5 Å². The van der Waals surface area contributed by atoms with Gasteiger partial charge in [0.15, 0.2) is 11.5 Å². The number of hydrogen-bond donors (Lipinski definition) is 1. The third-order valence-corrected chi connectivity index (χ3v) is 7.97. The molecule has 9 nitrogen and oxygen atoms in total. The lowest BCUT2D eigenvalue weighted by atomic mass is 10.1. The van der Waals surface area contributed by atoms with Crippen molar-refractivity contribution in [2.45, 2.75) is 44.7 Å². The van der Waals surface area contributed by atoms with E-state index in [-0.39, 0.29) is 36.5 Å². The third-order valence-electron chi connectivity index (χ3n) is 5.92. The molecule has 1 atom stereocenters. The van der Waals surface area contributed by atoms with Crippen LogP contribution < -0.4 is 19.7 Å². The summed E-state index contributed by atoms with van der Waals surface area (Å²) >= 11 is 0. The molecular formula is C23H27N3O6S. The molecule has 0 unspecified atom stereocenters. The summed E-state index contributed by atoms with van der Waals surface area (Å²) in [4.78, 5) is 27.0. The highest BCUT2D eigenvalue weighted by Gasteiger charge is 2.38. The number of fused-ring (bicyclic) bond motifs is 2. The van der Waals surface area contributed by atoms with E-state index >= 15 is 0 Å². The van der Waals surface area contributed by atoms with Crippen molar-refractivity contribution in [3.63, 3.8) is 0 Å². The number of sulfonamides is 1. The molecule has 0 bridgehead atoms. The Bertz CT molecular complexity index is 1190. The summed E-state index contributed by atoms with van der Waals surface area (Å²) in [7, 11) is -3.64. The zero-order valence-electron chi connectivity index (χ0n) is 18.8. The molecule has 2 aromatic rings. The zero-order valence-corrected chi connectivity index (χ0v) is 19.6. The second-order valence-corrected chi connectivity index (χ2v) is 9.83. The van der Waals surface area contributed by atoms with E-state index in [1.165, 1.54) is 22.2 Å². The zero-order chi connectivity index (χ0) is 23.8. The van der Waals surface area contributed by atoms with Crippen LogP contribution >= 0.6 is 0 Å². The van der Waals surface area contributed by atoms with Crippen LogP contribution in [0, 0.1) is 0 Å². The SMILES string of the molecule is CCN(CC)S(=O)(=O)c1ccc2c(c1)C[C@@H](C(=O)NCc1ccc3c(c1)OCO3)N2C(C)=O. The van der Waals surface area contributed by atoms with Gasteiger partial charge < -0.3 is 14.8 Å². The molecule has 0 spiro atoms. The van der Waals surface area contributed by atoms with Crippen molar-refractivity contribution in [3.05, 3.63) is 47.5 Å². The van der Waals surface area contributed by atoms with E-state index in [0.717, 1.165) is 5.56 Å². The lowest BCUT2D eigenvalue weighted by Gasteiger charge is -2.23. The average Bonchev–Trinajstić information content (AvgIpc) is 3.41. The van der Waals surface area contributed by atoms with Crippen molar-refractivity contribution in [1.82, 2.24) is 9.62 Å². The van der Waals surface area contributed by atoms with E-state index in [0.29, 0.717) is 35.8 Å². The molecule has 0 aromatic heterocycles. The van der Waals surface area contributed by atoms with Gasteiger partial charge in [0.2, 0.25) is 28.6 Å². The Labute approximate surface area is 193 Å². The Morgan fingerprint density at radius 1 is 1.09 bits per heavy atom. The molecule has 0 aliphatic carbocycles. The van der Waals surface area contributed by atoms with E-state index < -0.39 is 16.1 Å². The summed E-state index contributed by atoms with van der Waals surface area (Å²) in [5.74, 6) is 0.695. The molecule has 2 aliphatic heterocycles. The Morgan fingerprint density at radius 3 is 2.52 bits per heavy atom. The van der Waals surface area contributed by atoms with Gasteiger partial charge in [-0.15, -0.1) is 0 Å². The number of benzene rings is 2. The van der Waals surface area contributed by atoms with Gasteiger partial charge in [0.1, 0.15) is 6.04 Å². The molecule has 33 heavy (non-hydrogen) atoms. The van der Waals surface area contributed by atoms with Crippen molar-refractivity contribution in [2.24, 2.45) is 0 Å². The minimum absolute atomic E-state index is 0.162. The minimum atomic E-state index is -3.64. The maximum atomic E-state index is 13.0. The number of nitrogens with one attached hydrogen (secondary N) is 1. The first-order valence-electron chi connectivity index (χ1n) is 10.8. The van der Waals surface area contributed by atoms with Crippen LogP contribution in [0.1, 0.15) is 31.9 Å². The van der Waals surface area contributed by atoms with Gasteiger partial charge in [-0.05, 0) is 41.5 Å². The monoisotopic (exact) mass is 473 g/mol. The van der Waals surface area contributed by atoms with Crippen molar-refractivity contribution in [2.75, 3.05) is 24.8 Å². The van der Waals surface area contributed by atoms with Crippen molar-refractivity contribution < 1.29 is 27.5 Å². The minimum Gasteiger partial charge on any atom is -0.454 e. The predicted octanol–water partition coefficient (Wildman–Crippen LogP) is 2.04. The fraction of sp³-hybridized carbons (Fsp3) is 0.391. The second-order valence-electron chi connectivity index (χ2n) is 7.89. The molecule has 0 radical (unpaired) electrons. The first-order valence-corrected chi connectivity index (χ1v) is 12.3. The van der Waals surface area contributed by atoms with E-state index in [2.05, 4.69) is 5.32 Å². The van der Waals surface area contributed by atoms with Gasteiger partial charge in [0, 0.05) is 38.7 Å². The van der Waals surface area contributed by atoms with E-state index in [4.69, 9.17) is 9.47 Å². The van der Waals surface area contributed by atoms with Crippen LogP contribution in [0.4, 0.5) is 5.69 Å². The van der Waals surface area contributed by atoms with Crippen LogP contribution in [-0.4, -0.2) is 50.5 Å². The molecule has 0 saturated heterocycles. The van der Waals surface area contributed by atoms with Gasteiger partial charge in [0.25, 0.3) is 0 Å². The number of amides is 2. The van der Waals surface area contributed by atoms with Gasteiger partial charge >= 0.3 is 0 Å². The predicted molar refractivity (Wildman–Crippen MR) is 122 cm³/mol. The molecule has 10 heteroatoms. The maximum Gasteiger partial charge on any atom is 0.243 e. The number of anilines is 1. The topological polar surface area (TPSA) is 105 Å². The number of carbonyl (C=O) groups is 2. The molecule has 2 heterocycles. The molecule has 0 saturated carbocycles. The van der Waals surface area contributed by atoms with Gasteiger partial charge in [-0.1, -0.05) is 19.9 Å². The average molecular weight is 474 g/mol. The quantitative estimate of drug-likeness (QED) is 0.660. The molecule has 2 aromatic carbocycles. The summed E-state index contributed by atoms with van der Waals surface area (Å²) in [6.07, 6.45) is 0.240. The number of carbonyl (C=O) groups excluding carboxylic acids is 2. The van der Waals surface area contributed by atoms with Gasteiger partial charge in [-0.25, -0.2) is 8.42 Å². The van der Waals surface area contributed by atoms with E-state index in [9.17, 15) is 18.0 Å². The lowest BCUT2D eigenvalue weighted by Crippen LogP contribution is -2.47. The fourth-order valence-electron chi connectivity index (χ4n) is 4.26. The van der Waals surface area contributed by atoms with Crippen molar-refractivity contribution >= 4 is 27.5 Å². The number of rotatable bonds is 7. The highest BCUT2D eigenvalue weighted by atomic mass is 32.2. The smallest absolute Gasteiger partial charge is 0.243 e. The Kier molecular flexibility index (Phi) is 6.31. The molecule has 1 N–H and O–H groups in total. The van der Waals surface area contributed by atoms with Crippen LogP contribution in [0.2, 0.25) is 0 Å². The summed E-state index contributed by atoms with van der Waals surface area (Å²) in [6.45, 7) is 6.12. The standard InChI is InChI=1S/C23H27N3O6S/c1-4-25(5-2)33(29,30)18-7-8-19-17(11-18)12-20(26(19)15(3)27)23(28)24-13-16-6-9-21-22(10-16)32-14-31-21/h6-11,20H,4-5,12-14H2,1-3H3,(H,24,28)/t20-/m0/s1. The molecule has 4 rings (SSSR count). The second kappa shape index (κ2) is 9.03. The van der Waals surface area contributed by atoms with Gasteiger partial charge in [-0.3, -0.25) is 14.5 Å². The molecule has 2 amide bonds. The number of nitrogens with zero attached hydrogens (tertiary/aromatic N) is 2. The Balaban J connectivity index is 1.53. The fourth-order valence-corrected chi connectivity index (χ4v) is 5.77. The largest absolute Gasteiger partial charge is 0.454 e. The van der Waals surface area contributed by atoms with E-state index in [1.807, 2.05) is 6.07 Å². The van der Waals surface area contributed by atoms with Gasteiger partial charge in [0.05, 0.1) is 4.90 Å². The first kappa shape index (κ1) is 23.1. The molecule has 2 aliphatic rings. The highest BCUT2D eigenvalue weighted by molar-refractivity contribution is 7.89. The summed E-state index contributed by atoms with van der Waals surface area (Å²) in [5.41, 5.74) is 2.05. The van der Waals surface area contributed by atoms with Crippen LogP contribution in [0.3, 0.4) is 0 Å². The summed E-state index contributed by atoms with van der Waals surface area (Å²) < 4.78 is 37.9. The van der Waals surface area contributed by atoms with Crippen LogP contribution in [0.15, 0.2) is 41.3 Å². The Hall–Kier alpha value is -3.11. The number of ether oxygens (including phenoxy) is 2. The van der Waals surface area contributed by atoms with Crippen molar-refractivity contribution in [1.29, 1.82) is 0 Å². The van der Waals surface area contributed by atoms with Gasteiger partial charge in [-0.2, -0.15) is 4.31 Å².